The lowest BCUT2D eigenvalue weighted by atomic mass is 10.1. The molecule has 0 bridgehead atoms. The van der Waals surface area contributed by atoms with Crippen molar-refractivity contribution in [2.45, 2.75) is 25.3 Å². The van der Waals surface area contributed by atoms with Gasteiger partial charge in [-0.05, 0) is 42.8 Å². The molecular weight excluding hydrogens is 414 g/mol. The highest BCUT2D eigenvalue weighted by Gasteiger charge is 2.35. The second kappa shape index (κ2) is 9.36. The molecule has 0 radical (unpaired) electrons. The van der Waals surface area contributed by atoms with Crippen LogP contribution in [0.15, 0.2) is 78.9 Å². The van der Waals surface area contributed by atoms with E-state index in [0.29, 0.717) is 19.6 Å². The lowest BCUT2D eigenvalue weighted by Crippen LogP contribution is -2.24. The summed E-state index contributed by atoms with van der Waals surface area (Å²) in [4.78, 5) is 19.7. The van der Waals surface area contributed by atoms with E-state index >= 15 is 0 Å². The third kappa shape index (κ3) is 4.42. The summed E-state index contributed by atoms with van der Waals surface area (Å²) < 4.78 is 13.5. The van der Waals surface area contributed by atoms with E-state index in [2.05, 4.69) is 10.6 Å². The lowest BCUT2D eigenvalue weighted by Gasteiger charge is -2.18. The van der Waals surface area contributed by atoms with Crippen molar-refractivity contribution in [1.82, 2.24) is 9.55 Å². The monoisotopic (exact) mass is 441 g/mol. The molecule has 4 aromatic rings. The quantitative estimate of drug-likeness (QED) is 0.360. The van der Waals surface area contributed by atoms with E-state index in [1.54, 1.807) is 7.11 Å². The Bertz CT molecular complexity index is 1250. The van der Waals surface area contributed by atoms with E-state index in [4.69, 9.17) is 14.5 Å². The zero-order valence-electron chi connectivity index (χ0n) is 18.7. The molecule has 168 valence electrons. The number of carbonyl (C=O) groups excluding carboxylic acids is 1. The summed E-state index contributed by atoms with van der Waals surface area (Å²) in [6.45, 7) is 2.01. The number of rotatable bonds is 8. The Kier molecular flexibility index (Phi) is 5.98. The maximum atomic E-state index is 12.9. The number of benzene rings is 3. The fourth-order valence-corrected chi connectivity index (χ4v) is 4.48. The highest BCUT2D eigenvalue weighted by molar-refractivity contribution is 5.96. The summed E-state index contributed by atoms with van der Waals surface area (Å²) in [7, 11) is 1.64. The molecule has 1 aromatic heterocycles. The molecule has 0 saturated carbocycles. The molecule has 0 aliphatic carbocycles. The average molecular weight is 442 g/mol. The van der Waals surface area contributed by atoms with Crippen molar-refractivity contribution in [2.24, 2.45) is 0 Å². The van der Waals surface area contributed by atoms with Gasteiger partial charge in [0.15, 0.2) is 0 Å². The SMILES string of the molecule is COc1cccc(N2C[C@@H](c3nc4ccccc4n3CCCOc3ccccc3)CC2=O)c1. The van der Waals surface area contributed by atoms with Crippen molar-refractivity contribution >= 4 is 22.6 Å². The van der Waals surface area contributed by atoms with Crippen LogP contribution in [0.1, 0.15) is 24.6 Å². The summed E-state index contributed by atoms with van der Waals surface area (Å²) in [6, 6.07) is 25.7. The van der Waals surface area contributed by atoms with Gasteiger partial charge in [-0.25, -0.2) is 4.98 Å². The Morgan fingerprint density at radius 1 is 0.970 bits per heavy atom. The number of anilines is 1. The minimum atomic E-state index is 0.0335. The maximum absolute atomic E-state index is 12.9. The second-order valence-corrected chi connectivity index (χ2v) is 8.23. The van der Waals surface area contributed by atoms with Gasteiger partial charge in [0.05, 0.1) is 24.8 Å². The molecule has 1 aliphatic rings. The van der Waals surface area contributed by atoms with E-state index in [1.807, 2.05) is 77.7 Å². The second-order valence-electron chi connectivity index (χ2n) is 8.23. The standard InChI is InChI=1S/C27H27N3O3/c1-32-23-12-7-9-21(18-23)30-19-20(17-26(30)31)27-28-24-13-5-6-14-25(24)29(27)15-8-16-33-22-10-3-2-4-11-22/h2-7,9-14,18,20H,8,15-17,19H2,1H3/t20-/m0/s1. The van der Waals surface area contributed by atoms with Crippen molar-refractivity contribution in [1.29, 1.82) is 0 Å². The first-order chi connectivity index (χ1) is 16.2. The van der Waals surface area contributed by atoms with Gasteiger partial charge >= 0.3 is 0 Å². The van der Waals surface area contributed by atoms with Crippen LogP contribution in [0.5, 0.6) is 11.5 Å². The normalized spacial score (nSPS) is 15.8. The smallest absolute Gasteiger partial charge is 0.227 e. The van der Waals surface area contributed by atoms with E-state index in [1.165, 1.54) is 0 Å². The van der Waals surface area contributed by atoms with E-state index in [-0.39, 0.29) is 11.8 Å². The van der Waals surface area contributed by atoms with Gasteiger partial charge in [-0.2, -0.15) is 0 Å². The number of ether oxygens (including phenoxy) is 2. The molecule has 33 heavy (non-hydrogen) atoms. The molecule has 0 unspecified atom stereocenters. The minimum absolute atomic E-state index is 0.0335. The number of amides is 1. The number of hydrogen-bond donors (Lipinski definition) is 0. The third-order valence-corrected chi connectivity index (χ3v) is 6.08. The van der Waals surface area contributed by atoms with Crippen LogP contribution in [-0.2, 0) is 11.3 Å². The fraction of sp³-hybridized carbons (Fsp3) is 0.259. The zero-order chi connectivity index (χ0) is 22.6. The molecule has 0 spiro atoms. The number of para-hydroxylation sites is 3. The van der Waals surface area contributed by atoms with Gasteiger partial charge in [0.1, 0.15) is 17.3 Å². The minimum Gasteiger partial charge on any atom is -0.497 e. The molecule has 2 heterocycles. The molecule has 5 rings (SSSR count). The maximum Gasteiger partial charge on any atom is 0.227 e. The van der Waals surface area contributed by atoms with Gasteiger partial charge < -0.3 is 18.9 Å². The predicted molar refractivity (Wildman–Crippen MR) is 129 cm³/mol. The van der Waals surface area contributed by atoms with Crippen molar-refractivity contribution in [2.75, 3.05) is 25.2 Å². The molecule has 3 aromatic carbocycles. The van der Waals surface area contributed by atoms with Crippen LogP contribution in [0.3, 0.4) is 0 Å². The largest absolute Gasteiger partial charge is 0.497 e. The first-order valence-electron chi connectivity index (χ1n) is 11.3. The van der Waals surface area contributed by atoms with Crippen molar-refractivity contribution < 1.29 is 14.3 Å². The van der Waals surface area contributed by atoms with Crippen molar-refractivity contribution in [3.05, 3.63) is 84.7 Å². The van der Waals surface area contributed by atoms with Gasteiger partial charge in [0, 0.05) is 37.2 Å². The zero-order valence-corrected chi connectivity index (χ0v) is 18.7. The third-order valence-electron chi connectivity index (χ3n) is 6.08. The van der Waals surface area contributed by atoms with Crippen LogP contribution in [-0.4, -0.2) is 35.7 Å². The van der Waals surface area contributed by atoms with Gasteiger partial charge in [-0.15, -0.1) is 0 Å². The van der Waals surface area contributed by atoms with E-state index < -0.39 is 0 Å². The summed E-state index contributed by atoms with van der Waals surface area (Å²) in [5.74, 6) is 2.73. The van der Waals surface area contributed by atoms with Gasteiger partial charge in [-0.1, -0.05) is 36.4 Å². The first kappa shape index (κ1) is 21.1. The van der Waals surface area contributed by atoms with E-state index in [0.717, 1.165) is 47.0 Å². The molecule has 1 atom stereocenters. The summed E-state index contributed by atoms with van der Waals surface area (Å²) in [5, 5.41) is 0. The van der Waals surface area contributed by atoms with Crippen LogP contribution in [0, 0.1) is 0 Å². The van der Waals surface area contributed by atoms with Crippen molar-refractivity contribution in [3.8, 4) is 11.5 Å². The van der Waals surface area contributed by atoms with Crippen LogP contribution in [0.25, 0.3) is 11.0 Å². The molecule has 6 nitrogen and oxygen atoms in total. The number of aryl methyl sites for hydroxylation is 1. The fourth-order valence-electron chi connectivity index (χ4n) is 4.48. The predicted octanol–water partition coefficient (Wildman–Crippen LogP) is 5.03. The molecular formula is C27H27N3O3. The Morgan fingerprint density at radius 2 is 1.76 bits per heavy atom. The van der Waals surface area contributed by atoms with Crippen molar-refractivity contribution in [3.63, 3.8) is 0 Å². The first-order valence-corrected chi connectivity index (χ1v) is 11.3. The average Bonchev–Trinajstić information content (AvgIpc) is 3.43. The number of aromatic nitrogens is 2. The summed E-state index contributed by atoms with van der Waals surface area (Å²) >= 11 is 0. The molecule has 0 N–H and O–H groups in total. The molecule has 1 fully saturated rings. The van der Waals surface area contributed by atoms with Gasteiger partial charge in [-0.3, -0.25) is 4.79 Å². The molecule has 1 saturated heterocycles. The lowest BCUT2D eigenvalue weighted by molar-refractivity contribution is -0.117. The topological polar surface area (TPSA) is 56.6 Å². The van der Waals surface area contributed by atoms with Crippen LogP contribution >= 0.6 is 0 Å². The Morgan fingerprint density at radius 3 is 2.61 bits per heavy atom. The highest BCUT2D eigenvalue weighted by Crippen LogP contribution is 2.34. The summed E-state index contributed by atoms with van der Waals surface area (Å²) in [6.07, 6.45) is 1.30. The highest BCUT2D eigenvalue weighted by atomic mass is 16.5. The van der Waals surface area contributed by atoms with Crippen LogP contribution < -0.4 is 14.4 Å². The number of imidazole rings is 1. The number of hydrogen-bond acceptors (Lipinski definition) is 4. The molecule has 6 heteroatoms. The number of carbonyl (C=O) groups is 1. The van der Waals surface area contributed by atoms with E-state index in [9.17, 15) is 4.79 Å². The Labute approximate surface area is 193 Å². The Balaban J connectivity index is 1.36. The van der Waals surface area contributed by atoms with Gasteiger partial charge in [0.2, 0.25) is 5.91 Å². The summed E-state index contributed by atoms with van der Waals surface area (Å²) in [5.41, 5.74) is 2.92. The number of methoxy groups -OCH3 is 1. The Hall–Kier alpha value is -3.80. The number of nitrogens with zero attached hydrogens (tertiary/aromatic N) is 3. The van der Waals surface area contributed by atoms with Crippen LogP contribution in [0.4, 0.5) is 5.69 Å². The van der Waals surface area contributed by atoms with Gasteiger partial charge in [0.25, 0.3) is 0 Å². The van der Waals surface area contributed by atoms with Crippen LogP contribution in [0.2, 0.25) is 0 Å². The molecule has 1 amide bonds. The molecule has 1 aliphatic heterocycles. The number of fused-ring (bicyclic) bond motifs is 1.